The molecule has 0 bridgehead atoms. The molecule has 5 aliphatic rings. The van der Waals surface area contributed by atoms with Gasteiger partial charge in [0.25, 0.3) is 5.91 Å². The molecule has 0 spiro atoms. The number of allylic oxidation sites excluding steroid dienone is 2. The molecular weight excluding hydrogens is 610 g/mol. The lowest BCUT2D eigenvalue weighted by molar-refractivity contribution is -0.140. The lowest BCUT2D eigenvalue weighted by Gasteiger charge is -2.58. The summed E-state index contributed by atoms with van der Waals surface area (Å²) in [7, 11) is 0. The number of aliphatic carboxylic acids is 1. The maximum absolute atomic E-state index is 13.4. The molecule has 1 aliphatic heterocycles. The summed E-state index contributed by atoms with van der Waals surface area (Å²) in [5.74, 6) is 2.19. The Labute approximate surface area is 286 Å². The first-order chi connectivity index (χ1) is 22.5. The summed E-state index contributed by atoms with van der Waals surface area (Å²) in [5, 5.41) is 30.9. The van der Waals surface area contributed by atoms with Crippen molar-refractivity contribution in [3.8, 4) is 12.3 Å². The van der Waals surface area contributed by atoms with E-state index in [9.17, 15) is 24.6 Å². The number of hydrogen-bond acceptors (Lipinski definition) is 7. The Balaban J connectivity index is 1.17. The molecule has 0 aromatic rings. The molecule has 4 aliphatic carbocycles. The van der Waals surface area contributed by atoms with Crippen molar-refractivity contribution in [3.05, 3.63) is 11.6 Å². The second-order valence-electron chi connectivity index (χ2n) is 16.7. The van der Waals surface area contributed by atoms with Gasteiger partial charge in [-0.25, -0.2) is 0 Å². The van der Waals surface area contributed by atoms with Crippen LogP contribution in [0.25, 0.3) is 0 Å². The highest BCUT2D eigenvalue weighted by molar-refractivity contribution is 5.96. The Bertz CT molecular complexity index is 1370. The minimum Gasteiger partial charge on any atom is -0.481 e. The molecule has 4 N–H and O–H groups in total. The van der Waals surface area contributed by atoms with Crippen LogP contribution in [-0.4, -0.2) is 70.2 Å². The van der Waals surface area contributed by atoms with Gasteiger partial charge in [0.05, 0.1) is 17.7 Å². The lowest BCUT2D eigenvalue weighted by Crippen LogP contribution is -2.55. The third kappa shape index (κ3) is 7.05. The maximum atomic E-state index is 13.4. The molecule has 3 saturated carbocycles. The average Bonchev–Trinajstić information content (AvgIpc) is 3.29. The Kier molecular flexibility index (Phi) is 10.4. The molecule has 0 unspecified atom stereocenters. The number of terminal acetylenes is 1. The van der Waals surface area contributed by atoms with E-state index in [1.165, 1.54) is 5.57 Å². The summed E-state index contributed by atoms with van der Waals surface area (Å²) in [4.78, 5) is 43.5. The van der Waals surface area contributed by atoms with Gasteiger partial charge in [0, 0.05) is 18.1 Å². The molecule has 48 heavy (non-hydrogen) atoms. The zero-order valence-corrected chi connectivity index (χ0v) is 29.8. The van der Waals surface area contributed by atoms with Crippen LogP contribution in [0.2, 0.25) is 0 Å². The fourth-order valence-corrected chi connectivity index (χ4v) is 10.2. The number of hydrogen-bond donors (Lipinski definition) is 4. The number of oxime groups is 1. The fourth-order valence-electron chi connectivity index (χ4n) is 10.2. The van der Waals surface area contributed by atoms with Gasteiger partial charge in [0.15, 0.2) is 6.61 Å². The van der Waals surface area contributed by atoms with Gasteiger partial charge in [-0.3, -0.25) is 14.4 Å². The number of aliphatic hydroxyl groups is 1. The highest BCUT2D eigenvalue weighted by Gasteiger charge is 2.63. The van der Waals surface area contributed by atoms with Crippen LogP contribution >= 0.6 is 0 Å². The number of carboxylic acids is 1. The van der Waals surface area contributed by atoms with E-state index in [0.29, 0.717) is 43.6 Å². The topological polar surface area (TPSA) is 147 Å². The zero-order chi connectivity index (χ0) is 35.1. The molecule has 4 fully saturated rings. The molecular formula is C38H57N3O7. The normalized spacial score (nSPS) is 37.6. The molecule has 10 heteroatoms. The predicted molar refractivity (Wildman–Crippen MR) is 183 cm³/mol. The highest BCUT2D eigenvalue weighted by Crippen LogP contribution is 2.67. The molecule has 10 nitrogen and oxygen atoms in total. The van der Waals surface area contributed by atoms with Gasteiger partial charge in [-0.2, -0.15) is 0 Å². The van der Waals surface area contributed by atoms with Gasteiger partial charge < -0.3 is 30.4 Å². The monoisotopic (exact) mass is 667 g/mol. The average molecular weight is 668 g/mol. The summed E-state index contributed by atoms with van der Waals surface area (Å²) in [5.41, 5.74) is 0.689. The van der Waals surface area contributed by atoms with E-state index in [1.807, 2.05) is 27.7 Å². The van der Waals surface area contributed by atoms with E-state index in [2.05, 4.69) is 41.6 Å². The number of ether oxygens (including phenoxy) is 1. The fraction of sp³-hybridized carbons (Fsp3) is 0.789. The first kappa shape index (κ1) is 36.4. The minimum absolute atomic E-state index is 0.0486. The molecule has 0 radical (unpaired) electrons. The van der Waals surface area contributed by atoms with Crippen molar-refractivity contribution in [2.75, 3.05) is 13.2 Å². The van der Waals surface area contributed by atoms with Crippen LogP contribution in [0.1, 0.15) is 112 Å². The van der Waals surface area contributed by atoms with Gasteiger partial charge in [-0.15, -0.1) is 6.42 Å². The number of nitrogens with one attached hydrogen (secondary N) is 2. The molecule has 9 atom stereocenters. The maximum Gasteiger partial charge on any atom is 0.305 e. The first-order valence-corrected chi connectivity index (χ1v) is 18.1. The predicted octanol–water partition coefficient (Wildman–Crippen LogP) is 4.99. The van der Waals surface area contributed by atoms with Crippen LogP contribution in [0.3, 0.4) is 0 Å². The summed E-state index contributed by atoms with van der Waals surface area (Å²) >= 11 is 0. The number of carbonyl (C=O) groups is 3. The standard InChI is InChI=1S/C38H57N3O7/c1-8-38(46)17-13-29-27-10-9-25-19-26(11-15-36(25,6)28(27)12-16-37(29,38)7)41-48-22-31(42)40-33(23(2)3)34(45)39-30(20-32(43)44)24-14-18-47-35(4,5)21-24/h1,19,23-24,27-30,33,46H,9-18,20-22H2,2-7H3,(H,39,45)(H,40,42)(H,43,44)/b41-26-/t24-,27-,28-,29-,30-,33+,36+,37+,38-/m1/s1. The highest BCUT2D eigenvalue weighted by atomic mass is 16.6. The number of carboxylic acid groups (broad SMARTS) is 1. The molecule has 0 aromatic carbocycles. The third-order valence-corrected chi connectivity index (χ3v) is 13.0. The third-order valence-electron chi connectivity index (χ3n) is 13.0. The number of carbonyl (C=O) groups excluding carboxylic acids is 2. The number of rotatable bonds is 10. The van der Waals surface area contributed by atoms with Crippen molar-refractivity contribution in [2.45, 2.75) is 135 Å². The van der Waals surface area contributed by atoms with Crippen LogP contribution in [0.4, 0.5) is 0 Å². The number of fused-ring (bicyclic) bond motifs is 5. The van der Waals surface area contributed by atoms with Gasteiger partial charge >= 0.3 is 5.97 Å². The molecule has 5 rings (SSSR count). The Hall–Kier alpha value is -2.90. The van der Waals surface area contributed by atoms with E-state index < -0.39 is 41.1 Å². The van der Waals surface area contributed by atoms with Crippen molar-refractivity contribution < 1.29 is 34.2 Å². The largest absolute Gasteiger partial charge is 0.481 e. The summed E-state index contributed by atoms with van der Waals surface area (Å²) < 4.78 is 5.80. The summed E-state index contributed by atoms with van der Waals surface area (Å²) in [6, 6.07) is -1.42. The van der Waals surface area contributed by atoms with E-state index in [4.69, 9.17) is 16.0 Å². The van der Waals surface area contributed by atoms with Crippen molar-refractivity contribution in [1.29, 1.82) is 0 Å². The summed E-state index contributed by atoms with van der Waals surface area (Å²) in [6.07, 6.45) is 16.6. The molecule has 1 heterocycles. The van der Waals surface area contributed by atoms with Crippen molar-refractivity contribution >= 4 is 23.5 Å². The second-order valence-corrected chi connectivity index (χ2v) is 16.7. The van der Waals surface area contributed by atoms with E-state index in [0.717, 1.165) is 50.7 Å². The molecule has 266 valence electrons. The van der Waals surface area contributed by atoms with Gasteiger partial charge in [-0.05, 0) is 119 Å². The zero-order valence-electron chi connectivity index (χ0n) is 29.8. The van der Waals surface area contributed by atoms with Crippen molar-refractivity contribution in [3.63, 3.8) is 0 Å². The molecule has 1 saturated heterocycles. The quantitative estimate of drug-likeness (QED) is 0.190. The SMILES string of the molecule is C#C[C@@]1(O)CC[C@@H]2[C@@H]3CCC4=C/C(=N\OCC(=O)N[C@H](C(=O)N[C@H](CC(=O)O)[C@@H]5CCOC(C)(C)C5)C(C)C)CC[C@]4(C)[C@@H]3CC[C@@]21C. The van der Waals surface area contributed by atoms with Crippen LogP contribution in [-0.2, 0) is 24.0 Å². The van der Waals surface area contributed by atoms with Gasteiger partial charge in [0.2, 0.25) is 5.91 Å². The van der Waals surface area contributed by atoms with E-state index in [1.54, 1.807) is 0 Å². The molecule has 2 amide bonds. The second kappa shape index (κ2) is 13.8. The Morgan fingerprint density at radius 3 is 2.46 bits per heavy atom. The van der Waals surface area contributed by atoms with E-state index >= 15 is 0 Å². The van der Waals surface area contributed by atoms with Crippen molar-refractivity contribution in [2.24, 2.45) is 45.6 Å². The number of amides is 2. The van der Waals surface area contributed by atoms with E-state index in [-0.39, 0.29) is 35.7 Å². The smallest absolute Gasteiger partial charge is 0.305 e. The Morgan fingerprint density at radius 2 is 1.79 bits per heavy atom. The number of nitrogens with zero attached hydrogens (tertiary/aromatic N) is 1. The van der Waals surface area contributed by atoms with Crippen LogP contribution in [0.5, 0.6) is 0 Å². The van der Waals surface area contributed by atoms with Crippen molar-refractivity contribution in [1.82, 2.24) is 10.6 Å². The minimum atomic E-state index is -1.00. The van der Waals surface area contributed by atoms with Gasteiger partial charge in [-0.1, -0.05) is 44.3 Å². The van der Waals surface area contributed by atoms with Crippen LogP contribution in [0.15, 0.2) is 16.8 Å². The van der Waals surface area contributed by atoms with Crippen LogP contribution < -0.4 is 10.6 Å². The van der Waals surface area contributed by atoms with Gasteiger partial charge in [0.1, 0.15) is 11.6 Å². The lowest BCUT2D eigenvalue weighted by atomic mass is 9.46. The summed E-state index contributed by atoms with van der Waals surface area (Å²) in [6.45, 7) is 12.4. The molecule has 0 aromatic heterocycles. The first-order valence-electron chi connectivity index (χ1n) is 18.1. The van der Waals surface area contributed by atoms with Crippen LogP contribution in [0, 0.1) is 52.8 Å². The Morgan fingerprint density at radius 1 is 1.06 bits per heavy atom.